The van der Waals surface area contributed by atoms with Crippen molar-refractivity contribution in [3.63, 3.8) is 0 Å². The predicted molar refractivity (Wildman–Crippen MR) is 112 cm³/mol. The van der Waals surface area contributed by atoms with Gasteiger partial charge in [0.1, 0.15) is 11.3 Å². The van der Waals surface area contributed by atoms with Gasteiger partial charge in [0.05, 0.1) is 5.69 Å². The van der Waals surface area contributed by atoms with E-state index in [2.05, 4.69) is 51.9 Å². The molecule has 0 aliphatic heterocycles. The lowest BCUT2D eigenvalue weighted by molar-refractivity contribution is 0.474. The Bertz CT molecular complexity index is 1180. The summed E-state index contributed by atoms with van der Waals surface area (Å²) in [6.45, 7) is 4.16. The third kappa shape index (κ3) is 3.64. The normalized spacial score (nSPS) is 11.5. The third-order valence-electron chi connectivity index (χ3n) is 4.47. The molecule has 0 saturated heterocycles. The molecule has 1 N–H and O–H groups in total. The number of nitrogens with zero attached hydrogens (tertiary/aromatic N) is 2. The first-order valence-corrected chi connectivity index (χ1v) is 9.30. The molecule has 5 heteroatoms. The quantitative estimate of drug-likeness (QED) is 0.393. The van der Waals surface area contributed by atoms with E-state index in [0.717, 1.165) is 21.2 Å². The van der Waals surface area contributed by atoms with Crippen LogP contribution in [0, 0.1) is 13.8 Å². The Morgan fingerprint density at radius 3 is 2.67 bits per heavy atom. The maximum absolute atomic E-state index is 9.92. The lowest BCUT2D eigenvalue weighted by Crippen LogP contribution is -1.83. The van der Waals surface area contributed by atoms with E-state index in [1.165, 1.54) is 11.1 Å². The summed E-state index contributed by atoms with van der Waals surface area (Å²) in [5.74, 6) is 0.778. The van der Waals surface area contributed by atoms with Crippen molar-refractivity contribution in [2.24, 2.45) is 4.99 Å². The zero-order valence-corrected chi connectivity index (χ0v) is 16.5. The number of aromatic nitrogens is 1. The van der Waals surface area contributed by atoms with Crippen LogP contribution in [0.3, 0.4) is 0 Å². The fraction of sp³-hybridized carbons (Fsp3) is 0.0909. The molecule has 0 aliphatic carbocycles. The minimum atomic E-state index is 0.182. The first-order valence-electron chi connectivity index (χ1n) is 8.50. The number of aromatic hydroxyl groups is 1. The number of oxazole rings is 1. The fourth-order valence-electron chi connectivity index (χ4n) is 2.77. The van der Waals surface area contributed by atoms with Crippen LogP contribution < -0.4 is 0 Å². The molecule has 27 heavy (non-hydrogen) atoms. The van der Waals surface area contributed by atoms with Crippen LogP contribution in [0.25, 0.3) is 22.6 Å². The van der Waals surface area contributed by atoms with Gasteiger partial charge in [0.15, 0.2) is 5.58 Å². The number of aryl methyl sites for hydroxylation is 2. The second-order valence-corrected chi connectivity index (χ2v) is 7.35. The number of aliphatic imine (C=N–C) groups is 1. The van der Waals surface area contributed by atoms with Crippen molar-refractivity contribution < 1.29 is 9.52 Å². The van der Waals surface area contributed by atoms with E-state index in [9.17, 15) is 5.11 Å². The summed E-state index contributed by atoms with van der Waals surface area (Å²) < 4.78 is 6.77. The van der Waals surface area contributed by atoms with Crippen LogP contribution in [-0.4, -0.2) is 16.3 Å². The zero-order valence-electron chi connectivity index (χ0n) is 14.9. The van der Waals surface area contributed by atoms with Gasteiger partial charge in [-0.05, 0) is 73.5 Å². The molecular formula is C22H17BrN2O2. The Balaban J connectivity index is 1.67. The molecule has 4 rings (SSSR count). The SMILES string of the molecule is Cc1ccc(-c2nc3cc(N=Cc4cc(Br)ccc4O)ccc3o2)cc1C. The molecular weight excluding hydrogens is 404 g/mol. The van der Waals surface area contributed by atoms with E-state index < -0.39 is 0 Å². The summed E-state index contributed by atoms with van der Waals surface area (Å²) in [6.07, 6.45) is 1.63. The van der Waals surface area contributed by atoms with Gasteiger partial charge >= 0.3 is 0 Å². The van der Waals surface area contributed by atoms with Crippen LogP contribution in [0.1, 0.15) is 16.7 Å². The monoisotopic (exact) mass is 420 g/mol. The fourth-order valence-corrected chi connectivity index (χ4v) is 3.15. The molecule has 0 radical (unpaired) electrons. The summed E-state index contributed by atoms with van der Waals surface area (Å²) in [5.41, 5.74) is 6.24. The highest BCUT2D eigenvalue weighted by atomic mass is 79.9. The number of benzene rings is 3. The van der Waals surface area contributed by atoms with Crippen LogP contribution in [0.2, 0.25) is 0 Å². The number of phenols is 1. The summed E-state index contributed by atoms with van der Waals surface area (Å²) in [5, 5.41) is 9.92. The minimum absolute atomic E-state index is 0.182. The van der Waals surface area contributed by atoms with Gasteiger partial charge in [-0.3, -0.25) is 4.99 Å². The molecule has 4 aromatic rings. The molecule has 1 aromatic heterocycles. The Morgan fingerprint density at radius 2 is 1.85 bits per heavy atom. The second-order valence-electron chi connectivity index (χ2n) is 6.43. The van der Waals surface area contributed by atoms with Crippen LogP contribution >= 0.6 is 15.9 Å². The van der Waals surface area contributed by atoms with Crippen LogP contribution in [-0.2, 0) is 0 Å². The number of fused-ring (bicyclic) bond motifs is 1. The van der Waals surface area contributed by atoms with Gasteiger partial charge in [-0.1, -0.05) is 22.0 Å². The highest BCUT2D eigenvalue weighted by Gasteiger charge is 2.09. The molecule has 0 bridgehead atoms. The molecule has 0 fully saturated rings. The van der Waals surface area contributed by atoms with Crippen molar-refractivity contribution >= 4 is 38.9 Å². The van der Waals surface area contributed by atoms with E-state index in [0.29, 0.717) is 17.0 Å². The molecule has 0 aliphatic rings. The molecule has 4 nitrogen and oxygen atoms in total. The number of hydrogen-bond donors (Lipinski definition) is 1. The van der Waals surface area contributed by atoms with Crippen molar-refractivity contribution in [1.82, 2.24) is 4.98 Å². The summed E-state index contributed by atoms with van der Waals surface area (Å²) in [6, 6.07) is 17.0. The Labute approximate surface area is 165 Å². The standard InChI is InChI=1S/C22H17BrN2O2/c1-13-3-4-15(9-14(13)2)22-25-19-11-18(6-8-21(19)27-22)24-12-16-10-17(23)5-7-20(16)26/h3-12,26H,1-2H3. The Kier molecular flexibility index (Phi) is 4.54. The van der Waals surface area contributed by atoms with Gasteiger partial charge in [-0.25, -0.2) is 4.98 Å². The van der Waals surface area contributed by atoms with E-state index in [1.54, 1.807) is 18.3 Å². The Morgan fingerprint density at radius 1 is 1.00 bits per heavy atom. The second kappa shape index (κ2) is 7.00. The highest BCUT2D eigenvalue weighted by molar-refractivity contribution is 9.10. The lowest BCUT2D eigenvalue weighted by atomic mass is 10.1. The highest BCUT2D eigenvalue weighted by Crippen LogP contribution is 2.28. The first kappa shape index (κ1) is 17.5. The van der Waals surface area contributed by atoms with Crippen molar-refractivity contribution in [3.8, 4) is 17.2 Å². The summed E-state index contributed by atoms with van der Waals surface area (Å²) in [7, 11) is 0. The first-order chi connectivity index (χ1) is 13.0. The van der Waals surface area contributed by atoms with Crippen molar-refractivity contribution in [3.05, 3.63) is 75.8 Å². The number of hydrogen-bond acceptors (Lipinski definition) is 4. The Hall–Kier alpha value is -2.92. The van der Waals surface area contributed by atoms with Gasteiger partial charge < -0.3 is 9.52 Å². The maximum atomic E-state index is 9.92. The van der Waals surface area contributed by atoms with Crippen molar-refractivity contribution in [1.29, 1.82) is 0 Å². The molecule has 0 unspecified atom stereocenters. The van der Waals surface area contributed by atoms with E-state index in [-0.39, 0.29) is 5.75 Å². The summed E-state index contributed by atoms with van der Waals surface area (Å²) >= 11 is 3.39. The molecule has 1 heterocycles. The van der Waals surface area contributed by atoms with Crippen LogP contribution in [0.15, 0.2) is 68.5 Å². The van der Waals surface area contributed by atoms with Gasteiger partial charge in [0.2, 0.25) is 5.89 Å². The maximum Gasteiger partial charge on any atom is 0.227 e. The van der Waals surface area contributed by atoms with Gasteiger partial charge in [-0.15, -0.1) is 0 Å². The van der Waals surface area contributed by atoms with E-state index >= 15 is 0 Å². The number of halogens is 1. The molecule has 0 atom stereocenters. The average Bonchev–Trinajstić information content (AvgIpc) is 3.08. The largest absolute Gasteiger partial charge is 0.507 e. The van der Waals surface area contributed by atoms with E-state index in [1.807, 2.05) is 30.3 Å². The average molecular weight is 421 g/mol. The zero-order chi connectivity index (χ0) is 19.0. The van der Waals surface area contributed by atoms with Gasteiger partial charge in [0, 0.05) is 21.8 Å². The van der Waals surface area contributed by atoms with Gasteiger partial charge in [0.25, 0.3) is 0 Å². The topological polar surface area (TPSA) is 58.6 Å². The third-order valence-corrected chi connectivity index (χ3v) is 4.96. The predicted octanol–water partition coefficient (Wildman–Crippen LogP) is 6.33. The molecule has 3 aromatic carbocycles. The minimum Gasteiger partial charge on any atom is -0.507 e. The molecule has 0 amide bonds. The van der Waals surface area contributed by atoms with Gasteiger partial charge in [-0.2, -0.15) is 0 Å². The van der Waals surface area contributed by atoms with Crippen molar-refractivity contribution in [2.45, 2.75) is 13.8 Å². The summed E-state index contributed by atoms with van der Waals surface area (Å²) in [4.78, 5) is 9.05. The van der Waals surface area contributed by atoms with E-state index in [4.69, 9.17) is 4.42 Å². The number of phenolic OH excluding ortho intramolecular Hbond substituents is 1. The molecule has 134 valence electrons. The molecule has 0 spiro atoms. The number of rotatable bonds is 3. The smallest absolute Gasteiger partial charge is 0.227 e. The van der Waals surface area contributed by atoms with Crippen molar-refractivity contribution in [2.75, 3.05) is 0 Å². The molecule has 0 saturated carbocycles. The van der Waals surface area contributed by atoms with Crippen LogP contribution in [0.4, 0.5) is 5.69 Å². The van der Waals surface area contributed by atoms with Crippen LogP contribution in [0.5, 0.6) is 5.75 Å². The lowest BCUT2D eigenvalue weighted by Gasteiger charge is -2.01.